The monoisotopic (exact) mass is 321 g/mol. The number of ether oxygens (including phenoxy) is 1. The highest BCUT2D eigenvalue weighted by Crippen LogP contribution is 2.39. The van der Waals surface area contributed by atoms with E-state index in [4.69, 9.17) is 4.74 Å². The SMILES string of the molecule is COc1ccc([C@@H]2Nc3ncccc3NC3=C2C(=O)CCC3)cc1. The van der Waals surface area contributed by atoms with Gasteiger partial charge in [-0.2, -0.15) is 0 Å². The van der Waals surface area contributed by atoms with Crippen molar-refractivity contribution in [3.63, 3.8) is 0 Å². The highest BCUT2D eigenvalue weighted by atomic mass is 16.5. The van der Waals surface area contributed by atoms with Crippen LogP contribution in [-0.2, 0) is 4.79 Å². The zero-order valence-electron chi connectivity index (χ0n) is 13.5. The summed E-state index contributed by atoms with van der Waals surface area (Å²) in [5.41, 5.74) is 3.77. The van der Waals surface area contributed by atoms with Gasteiger partial charge in [0.1, 0.15) is 11.6 Å². The van der Waals surface area contributed by atoms with Gasteiger partial charge in [0.05, 0.1) is 18.8 Å². The summed E-state index contributed by atoms with van der Waals surface area (Å²) >= 11 is 0. The molecule has 5 nitrogen and oxygen atoms in total. The molecular weight excluding hydrogens is 302 g/mol. The second-order valence-electron chi connectivity index (χ2n) is 6.04. The van der Waals surface area contributed by atoms with Crippen molar-refractivity contribution in [1.82, 2.24) is 4.98 Å². The maximum atomic E-state index is 12.7. The molecule has 0 saturated carbocycles. The lowest BCUT2D eigenvalue weighted by Crippen LogP contribution is -2.23. The molecule has 24 heavy (non-hydrogen) atoms. The first-order valence-electron chi connectivity index (χ1n) is 8.15. The van der Waals surface area contributed by atoms with Crippen molar-refractivity contribution < 1.29 is 9.53 Å². The van der Waals surface area contributed by atoms with E-state index in [2.05, 4.69) is 15.6 Å². The van der Waals surface area contributed by atoms with Crippen molar-refractivity contribution in [2.75, 3.05) is 17.7 Å². The number of fused-ring (bicyclic) bond motifs is 1. The number of carbonyl (C=O) groups excluding carboxylic acids is 1. The van der Waals surface area contributed by atoms with Gasteiger partial charge < -0.3 is 15.4 Å². The van der Waals surface area contributed by atoms with Crippen LogP contribution in [0, 0.1) is 0 Å². The van der Waals surface area contributed by atoms with Gasteiger partial charge in [-0.15, -0.1) is 0 Å². The number of aromatic nitrogens is 1. The average Bonchev–Trinajstić information content (AvgIpc) is 2.79. The third kappa shape index (κ3) is 2.52. The summed E-state index contributed by atoms with van der Waals surface area (Å²) < 4.78 is 5.24. The van der Waals surface area contributed by atoms with E-state index in [1.807, 2.05) is 36.4 Å². The van der Waals surface area contributed by atoms with Crippen LogP contribution in [0.4, 0.5) is 11.5 Å². The Hall–Kier alpha value is -2.82. The molecule has 0 fully saturated rings. The Morgan fingerprint density at radius 2 is 2.00 bits per heavy atom. The number of hydrogen-bond acceptors (Lipinski definition) is 5. The minimum atomic E-state index is -0.206. The Balaban J connectivity index is 1.83. The minimum absolute atomic E-state index is 0.199. The number of carbonyl (C=O) groups is 1. The van der Waals surface area contributed by atoms with Crippen molar-refractivity contribution in [2.24, 2.45) is 0 Å². The standard InChI is InChI=1S/C19H19N3O2/c1-24-13-9-7-12(8-10-13)18-17-14(4-2-6-16(17)23)21-15-5-3-11-20-19(15)22-18/h3,5,7-11,18,21H,2,4,6H2,1H3,(H,20,22)/t18-/m0/s1. The number of ketones is 1. The number of allylic oxidation sites excluding steroid dienone is 1. The molecule has 0 unspecified atom stereocenters. The topological polar surface area (TPSA) is 63.2 Å². The number of Topliss-reactive ketones (excluding diaryl/α,β-unsaturated/α-hetero) is 1. The second kappa shape index (κ2) is 6.00. The number of nitrogens with zero attached hydrogens (tertiary/aromatic N) is 1. The van der Waals surface area contributed by atoms with Crippen molar-refractivity contribution in [1.29, 1.82) is 0 Å². The Labute approximate surface area is 140 Å². The van der Waals surface area contributed by atoms with Gasteiger partial charge in [-0.1, -0.05) is 12.1 Å². The molecule has 122 valence electrons. The van der Waals surface area contributed by atoms with E-state index in [0.717, 1.165) is 46.9 Å². The van der Waals surface area contributed by atoms with E-state index in [-0.39, 0.29) is 11.8 Å². The van der Waals surface area contributed by atoms with Crippen LogP contribution in [0.25, 0.3) is 0 Å². The van der Waals surface area contributed by atoms with Crippen LogP contribution >= 0.6 is 0 Å². The number of methoxy groups -OCH3 is 1. The Morgan fingerprint density at radius 3 is 2.79 bits per heavy atom. The lowest BCUT2D eigenvalue weighted by Gasteiger charge is -2.25. The van der Waals surface area contributed by atoms with Crippen molar-refractivity contribution >= 4 is 17.3 Å². The van der Waals surface area contributed by atoms with Gasteiger partial charge in [0.25, 0.3) is 0 Å². The highest BCUT2D eigenvalue weighted by Gasteiger charge is 2.32. The van der Waals surface area contributed by atoms with Crippen LogP contribution in [-0.4, -0.2) is 17.9 Å². The van der Waals surface area contributed by atoms with Crippen molar-refractivity contribution in [3.05, 3.63) is 59.4 Å². The van der Waals surface area contributed by atoms with Crippen LogP contribution in [0.2, 0.25) is 0 Å². The van der Waals surface area contributed by atoms with E-state index >= 15 is 0 Å². The van der Waals surface area contributed by atoms with E-state index in [0.29, 0.717) is 6.42 Å². The number of nitrogens with one attached hydrogen (secondary N) is 2. The molecule has 1 atom stereocenters. The quantitative estimate of drug-likeness (QED) is 0.883. The Bertz CT molecular complexity index is 812. The summed E-state index contributed by atoms with van der Waals surface area (Å²) in [6.45, 7) is 0. The summed E-state index contributed by atoms with van der Waals surface area (Å²) in [5.74, 6) is 1.76. The van der Waals surface area contributed by atoms with Crippen molar-refractivity contribution in [2.45, 2.75) is 25.3 Å². The second-order valence-corrected chi connectivity index (χ2v) is 6.04. The van der Waals surface area contributed by atoms with Gasteiger partial charge in [-0.25, -0.2) is 4.98 Å². The molecule has 0 saturated heterocycles. The summed E-state index contributed by atoms with van der Waals surface area (Å²) in [6.07, 6.45) is 4.11. The number of benzene rings is 1. The fourth-order valence-corrected chi connectivity index (χ4v) is 3.37. The molecule has 0 radical (unpaired) electrons. The molecular formula is C19H19N3O2. The van der Waals surface area contributed by atoms with Crippen LogP contribution in [0.5, 0.6) is 5.75 Å². The first kappa shape index (κ1) is 14.8. The summed E-state index contributed by atoms with van der Waals surface area (Å²) in [5, 5.41) is 6.87. The van der Waals surface area contributed by atoms with Crippen LogP contribution in [0.15, 0.2) is 53.9 Å². The van der Waals surface area contributed by atoms with Crippen LogP contribution in [0.3, 0.4) is 0 Å². The number of anilines is 2. The molecule has 1 aromatic carbocycles. The maximum Gasteiger partial charge on any atom is 0.163 e. The van der Waals surface area contributed by atoms with E-state index in [1.54, 1.807) is 13.3 Å². The Morgan fingerprint density at radius 1 is 1.17 bits per heavy atom. The van der Waals surface area contributed by atoms with E-state index in [9.17, 15) is 4.79 Å². The largest absolute Gasteiger partial charge is 0.497 e. The normalized spacial score (nSPS) is 19.5. The van der Waals surface area contributed by atoms with Gasteiger partial charge in [-0.05, 0) is 42.7 Å². The van der Waals surface area contributed by atoms with Gasteiger partial charge in [0, 0.05) is 23.9 Å². The van der Waals surface area contributed by atoms with Crippen molar-refractivity contribution in [3.8, 4) is 5.75 Å². The molecule has 2 N–H and O–H groups in total. The number of hydrogen-bond donors (Lipinski definition) is 2. The molecule has 4 rings (SSSR count). The molecule has 2 aromatic rings. The van der Waals surface area contributed by atoms with E-state index < -0.39 is 0 Å². The lowest BCUT2D eigenvalue weighted by molar-refractivity contribution is -0.116. The van der Waals surface area contributed by atoms with Crippen LogP contribution < -0.4 is 15.4 Å². The molecule has 0 bridgehead atoms. The maximum absolute atomic E-state index is 12.7. The third-order valence-corrected chi connectivity index (χ3v) is 4.57. The highest BCUT2D eigenvalue weighted by molar-refractivity contribution is 6.00. The van der Waals surface area contributed by atoms with Gasteiger partial charge in [-0.3, -0.25) is 4.79 Å². The van der Waals surface area contributed by atoms with Crippen LogP contribution in [0.1, 0.15) is 30.9 Å². The zero-order chi connectivity index (χ0) is 16.5. The predicted octanol–water partition coefficient (Wildman–Crippen LogP) is 3.68. The first-order valence-corrected chi connectivity index (χ1v) is 8.15. The fraction of sp³-hybridized carbons (Fsp3) is 0.263. The van der Waals surface area contributed by atoms with E-state index in [1.165, 1.54) is 0 Å². The Kier molecular flexibility index (Phi) is 3.69. The van der Waals surface area contributed by atoms with Gasteiger partial charge in [0.15, 0.2) is 5.78 Å². The number of pyridine rings is 1. The van der Waals surface area contributed by atoms with Gasteiger partial charge >= 0.3 is 0 Å². The molecule has 2 aliphatic rings. The molecule has 5 heteroatoms. The summed E-state index contributed by atoms with van der Waals surface area (Å²) in [7, 11) is 1.65. The van der Waals surface area contributed by atoms with Gasteiger partial charge in [0.2, 0.25) is 0 Å². The molecule has 1 aliphatic carbocycles. The molecule has 0 amide bonds. The fourth-order valence-electron chi connectivity index (χ4n) is 3.37. The summed E-state index contributed by atoms with van der Waals surface area (Å²) in [4.78, 5) is 17.1. The smallest absolute Gasteiger partial charge is 0.163 e. The summed E-state index contributed by atoms with van der Waals surface area (Å²) in [6, 6.07) is 11.5. The zero-order valence-corrected chi connectivity index (χ0v) is 13.5. The predicted molar refractivity (Wildman–Crippen MR) is 93.1 cm³/mol. The minimum Gasteiger partial charge on any atom is -0.497 e. The third-order valence-electron chi connectivity index (χ3n) is 4.57. The molecule has 0 spiro atoms. The lowest BCUT2D eigenvalue weighted by atomic mass is 9.87. The molecule has 1 aromatic heterocycles. The molecule has 1 aliphatic heterocycles. The number of rotatable bonds is 2. The average molecular weight is 321 g/mol. The molecule has 2 heterocycles. The first-order chi connectivity index (χ1) is 11.8.